The minimum atomic E-state index is 0.531. The summed E-state index contributed by atoms with van der Waals surface area (Å²) in [6.07, 6.45) is 4.54. The van der Waals surface area contributed by atoms with Crippen LogP contribution in [-0.2, 0) is 4.74 Å². The molecule has 16 heavy (non-hydrogen) atoms. The lowest BCUT2D eigenvalue weighted by atomic mass is 10.1. The van der Waals surface area contributed by atoms with Crippen molar-refractivity contribution in [3.05, 3.63) is 0 Å². The van der Waals surface area contributed by atoms with E-state index in [1.54, 1.807) is 0 Å². The van der Waals surface area contributed by atoms with Gasteiger partial charge in [-0.25, -0.2) is 0 Å². The van der Waals surface area contributed by atoms with E-state index < -0.39 is 0 Å². The first-order valence-electron chi connectivity index (χ1n) is 6.32. The van der Waals surface area contributed by atoms with E-state index in [-0.39, 0.29) is 0 Å². The average Bonchev–Trinajstić information content (AvgIpc) is 2.29. The topological polar surface area (TPSA) is 33.3 Å². The second-order valence-electron chi connectivity index (χ2n) is 4.59. The summed E-state index contributed by atoms with van der Waals surface area (Å²) in [5, 5.41) is 7.20. The molecule has 0 aromatic carbocycles. The van der Waals surface area contributed by atoms with Crippen molar-refractivity contribution in [3.8, 4) is 0 Å². The minimum Gasteiger partial charge on any atom is -0.379 e. The highest BCUT2D eigenvalue weighted by Crippen LogP contribution is 2.07. The van der Waals surface area contributed by atoms with Gasteiger partial charge in [0, 0.05) is 30.4 Å². The Labute approximate surface area is 104 Å². The molecule has 3 unspecified atom stereocenters. The molecular formula is C12H26N2OS. The summed E-state index contributed by atoms with van der Waals surface area (Å²) in [6, 6.07) is 1.74. The first kappa shape index (κ1) is 14.3. The van der Waals surface area contributed by atoms with E-state index in [1.165, 1.54) is 12.2 Å². The number of hydrogen-bond acceptors (Lipinski definition) is 4. The van der Waals surface area contributed by atoms with Crippen molar-refractivity contribution >= 4 is 11.8 Å². The van der Waals surface area contributed by atoms with E-state index >= 15 is 0 Å². The van der Waals surface area contributed by atoms with Gasteiger partial charge in [-0.15, -0.1) is 0 Å². The molecule has 3 nitrogen and oxygen atoms in total. The molecule has 1 aliphatic rings. The third kappa shape index (κ3) is 5.53. The van der Waals surface area contributed by atoms with E-state index in [9.17, 15) is 0 Å². The first-order valence-corrected chi connectivity index (χ1v) is 7.71. The monoisotopic (exact) mass is 246 g/mol. The van der Waals surface area contributed by atoms with Crippen molar-refractivity contribution in [1.82, 2.24) is 10.6 Å². The Bertz CT molecular complexity index is 168. The highest BCUT2D eigenvalue weighted by atomic mass is 32.2. The van der Waals surface area contributed by atoms with Gasteiger partial charge in [-0.3, -0.25) is 0 Å². The van der Waals surface area contributed by atoms with Crippen LogP contribution in [-0.4, -0.2) is 49.9 Å². The second-order valence-corrected chi connectivity index (χ2v) is 5.50. The number of ether oxygens (including phenoxy) is 1. The Morgan fingerprint density at radius 2 is 2.38 bits per heavy atom. The maximum atomic E-state index is 5.47. The summed E-state index contributed by atoms with van der Waals surface area (Å²) in [5.74, 6) is 1.20. The van der Waals surface area contributed by atoms with Gasteiger partial charge in [0.1, 0.15) is 0 Å². The molecule has 2 N–H and O–H groups in total. The third-order valence-electron chi connectivity index (χ3n) is 3.02. The summed E-state index contributed by atoms with van der Waals surface area (Å²) in [6.45, 7) is 7.26. The first-order chi connectivity index (χ1) is 7.76. The summed E-state index contributed by atoms with van der Waals surface area (Å²) in [7, 11) is 0. The van der Waals surface area contributed by atoms with Crippen molar-refractivity contribution in [2.45, 2.75) is 44.8 Å². The van der Waals surface area contributed by atoms with Gasteiger partial charge in [0.25, 0.3) is 0 Å². The van der Waals surface area contributed by atoms with Crippen molar-refractivity contribution in [1.29, 1.82) is 0 Å². The van der Waals surface area contributed by atoms with Crippen molar-refractivity contribution < 1.29 is 4.74 Å². The number of hydrogen-bond donors (Lipinski definition) is 2. The van der Waals surface area contributed by atoms with E-state index in [4.69, 9.17) is 4.74 Å². The molecule has 0 spiro atoms. The van der Waals surface area contributed by atoms with Gasteiger partial charge in [-0.05, 0) is 26.0 Å². The fraction of sp³-hybridized carbons (Fsp3) is 1.00. The summed E-state index contributed by atoms with van der Waals surface area (Å²) < 4.78 is 5.47. The van der Waals surface area contributed by atoms with Gasteiger partial charge >= 0.3 is 0 Å². The molecule has 0 saturated carbocycles. The molecule has 0 amide bonds. The predicted octanol–water partition coefficient (Wildman–Crippen LogP) is 1.48. The van der Waals surface area contributed by atoms with Gasteiger partial charge in [-0.1, -0.05) is 6.92 Å². The number of morpholine rings is 1. The van der Waals surface area contributed by atoms with Gasteiger partial charge in [0.05, 0.1) is 13.2 Å². The smallest absolute Gasteiger partial charge is 0.0620 e. The molecule has 3 atom stereocenters. The molecule has 0 aromatic rings. The van der Waals surface area contributed by atoms with Crippen LogP contribution in [0.5, 0.6) is 0 Å². The van der Waals surface area contributed by atoms with Crippen LogP contribution in [0.15, 0.2) is 0 Å². The van der Waals surface area contributed by atoms with E-state index in [1.807, 2.05) is 11.8 Å². The lowest BCUT2D eigenvalue weighted by molar-refractivity contribution is 0.0708. The molecule has 0 radical (unpaired) electrons. The zero-order valence-corrected chi connectivity index (χ0v) is 11.6. The molecule has 1 rings (SSSR count). The molecular weight excluding hydrogens is 220 g/mol. The van der Waals surface area contributed by atoms with Crippen LogP contribution >= 0.6 is 11.8 Å². The van der Waals surface area contributed by atoms with E-state index in [2.05, 4.69) is 30.7 Å². The Hall–Kier alpha value is 0.230. The molecule has 0 bridgehead atoms. The molecule has 1 fully saturated rings. The van der Waals surface area contributed by atoms with Crippen LogP contribution in [0.3, 0.4) is 0 Å². The Morgan fingerprint density at radius 3 is 2.94 bits per heavy atom. The van der Waals surface area contributed by atoms with Gasteiger partial charge in [0.15, 0.2) is 0 Å². The minimum absolute atomic E-state index is 0.531. The zero-order chi connectivity index (χ0) is 11.8. The highest BCUT2D eigenvalue weighted by molar-refractivity contribution is 7.98. The van der Waals surface area contributed by atoms with Crippen LogP contribution in [0.1, 0.15) is 26.7 Å². The molecule has 1 saturated heterocycles. The van der Waals surface area contributed by atoms with E-state index in [0.29, 0.717) is 18.1 Å². The normalized spacial score (nSPS) is 25.3. The predicted molar refractivity (Wildman–Crippen MR) is 72.3 cm³/mol. The molecule has 0 aromatic heterocycles. The van der Waals surface area contributed by atoms with Crippen LogP contribution in [0.2, 0.25) is 0 Å². The summed E-state index contributed by atoms with van der Waals surface area (Å²) in [4.78, 5) is 0. The van der Waals surface area contributed by atoms with Gasteiger partial charge in [-0.2, -0.15) is 11.8 Å². The number of thioether (sulfide) groups is 1. The summed E-state index contributed by atoms with van der Waals surface area (Å²) >= 11 is 1.92. The molecule has 1 heterocycles. The third-order valence-corrected chi connectivity index (χ3v) is 3.75. The van der Waals surface area contributed by atoms with Crippen LogP contribution in [0.4, 0.5) is 0 Å². The van der Waals surface area contributed by atoms with Crippen LogP contribution in [0.25, 0.3) is 0 Å². The molecule has 0 aliphatic carbocycles. The van der Waals surface area contributed by atoms with Gasteiger partial charge in [0.2, 0.25) is 0 Å². The molecule has 4 heteroatoms. The lowest BCUT2D eigenvalue weighted by Gasteiger charge is -2.28. The Balaban J connectivity index is 2.19. The van der Waals surface area contributed by atoms with Crippen molar-refractivity contribution in [2.24, 2.45) is 0 Å². The van der Waals surface area contributed by atoms with Crippen LogP contribution in [0, 0.1) is 0 Å². The van der Waals surface area contributed by atoms with E-state index in [0.717, 1.165) is 26.2 Å². The highest BCUT2D eigenvalue weighted by Gasteiger charge is 2.17. The number of rotatable bonds is 7. The molecule has 96 valence electrons. The van der Waals surface area contributed by atoms with Crippen molar-refractivity contribution in [2.75, 3.05) is 31.8 Å². The summed E-state index contributed by atoms with van der Waals surface area (Å²) in [5.41, 5.74) is 0. The molecule has 1 aliphatic heterocycles. The fourth-order valence-electron chi connectivity index (χ4n) is 2.15. The largest absolute Gasteiger partial charge is 0.379 e. The van der Waals surface area contributed by atoms with Crippen molar-refractivity contribution in [3.63, 3.8) is 0 Å². The maximum Gasteiger partial charge on any atom is 0.0620 e. The Morgan fingerprint density at radius 1 is 1.56 bits per heavy atom. The quantitative estimate of drug-likeness (QED) is 0.713. The Kier molecular flexibility index (Phi) is 7.45. The van der Waals surface area contributed by atoms with Gasteiger partial charge < -0.3 is 15.4 Å². The number of nitrogens with one attached hydrogen (secondary N) is 2. The zero-order valence-electron chi connectivity index (χ0n) is 10.8. The second kappa shape index (κ2) is 8.34. The maximum absolute atomic E-state index is 5.47. The fourth-order valence-corrected chi connectivity index (χ4v) is 2.89. The van der Waals surface area contributed by atoms with Crippen LogP contribution < -0.4 is 10.6 Å². The average molecular weight is 246 g/mol. The lowest BCUT2D eigenvalue weighted by Crippen LogP contribution is -2.47. The standard InChI is InChI=1S/C12H26N2OS/c1-4-11(9-16-3)14-10(2)7-12-8-15-6-5-13-12/h10-14H,4-9H2,1-3H3. The SMILES string of the molecule is CCC(CSC)NC(C)CC1COCCN1.